The van der Waals surface area contributed by atoms with E-state index in [-0.39, 0.29) is 24.1 Å². The third-order valence-electron chi connectivity index (χ3n) is 3.51. The lowest BCUT2D eigenvalue weighted by molar-refractivity contribution is 0.138. The Morgan fingerprint density at radius 2 is 1.58 bits per heavy atom. The minimum atomic E-state index is -3.46. The number of alkyl halides is 1. The molecule has 0 saturated carbocycles. The predicted octanol–water partition coefficient (Wildman–Crippen LogP) is 4.99. The molecule has 1 aromatic heterocycles. The van der Waals surface area contributed by atoms with Crippen molar-refractivity contribution >= 4 is 7.60 Å². The van der Waals surface area contributed by atoms with Crippen molar-refractivity contribution in [3.8, 4) is 11.1 Å². The van der Waals surface area contributed by atoms with E-state index in [1.54, 1.807) is 64.2 Å². The standard InChI is InChI=1S/C19H25FNO4P/c1-14(2)24-26(23,25-15(3)4)13-21-10-9-18(11-19(21)22)17-7-5-16(12-20)6-8-17/h5-11,14-15H,12-13H2,1-4H3. The smallest absolute Gasteiger partial charge is 0.305 e. The first kappa shape index (κ1) is 20.6. The minimum absolute atomic E-state index is 0.150. The van der Waals surface area contributed by atoms with E-state index in [0.717, 1.165) is 5.56 Å². The van der Waals surface area contributed by atoms with Crippen LogP contribution in [-0.4, -0.2) is 16.8 Å². The fraction of sp³-hybridized carbons (Fsp3) is 0.421. The topological polar surface area (TPSA) is 57.5 Å². The Morgan fingerprint density at radius 3 is 2.04 bits per heavy atom. The molecule has 26 heavy (non-hydrogen) atoms. The summed E-state index contributed by atoms with van der Waals surface area (Å²) in [5.74, 6) is 0. The number of nitrogens with zero attached hydrogens (tertiary/aromatic N) is 1. The van der Waals surface area contributed by atoms with E-state index in [4.69, 9.17) is 9.05 Å². The molecule has 2 aromatic rings. The number of rotatable bonds is 8. The van der Waals surface area contributed by atoms with Gasteiger partial charge in [-0.25, -0.2) is 4.39 Å². The maximum atomic E-state index is 12.9. The molecule has 0 atom stereocenters. The number of aromatic nitrogens is 1. The SMILES string of the molecule is CC(C)OP(=O)(Cn1ccc(-c2ccc(CF)cc2)cc1=O)OC(C)C. The fourth-order valence-electron chi connectivity index (χ4n) is 2.51. The molecule has 0 fully saturated rings. The lowest BCUT2D eigenvalue weighted by Crippen LogP contribution is -2.21. The number of hydrogen-bond acceptors (Lipinski definition) is 4. The molecule has 0 amide bonds. The second-order valence-corrected chi connectivity index (χ2v) is 8.54. The average Bonchev–Trinajstić information content (AvgIpc) is 2.55. The predicted molar refractivity (Wildman–Crippen MR) is 101 cm³/mol. The molecule has 0 N–H and O–H groups in total. The lowest BCUT2D eigenvalue weighted by atomic mass is 10.1. The van der Waals surface area contributed by atoms with Crippen molar-refractivity contribution in [2.45, 2.75) is 52.9 Å². The molecule has 0 aliphatic carbocycles. The summed E-state index contributed by atoms with van der Waals surface area (Å²) in [7, 11) is -3.46. The molecule has 5 nitrogen and oxygen atoms in total. The van der Waals surface area contributed by atoms with E-state index in [1.165, 1.54) is 10.6 Å². The fourth-order valence-corrected chi connectivity index (χ4v) is 4.59. The van der Waals surface area contributed by atoms with E-state index in [9.17, 15) is 13.8 Å². The molecule has 0 radical (unpaired) electrons. The molecule has 7 heteroatoms. The Hall–Kier alpha value is -1.75. The molecule has 2 rings (SSSR count). The van der Waals surface area contributed by atoms with Crippen molar-refractivity contribution in [2.75, 3.05) is 0 Å². The third-order valence-corrected chi connectivity index (χ3v) is 5.64. The molecule has 142 valence electrons. The van der Waals surface area contributed by atoms with Gasteiger partial charge in [0.15, 0.2) is 0 Å². The highest BCUT2D eigenvalue weighted by molar-refractivity contribution is 7.52. The zero-order valence-electron chi connectivity index (χ0n) is 15.5. The first-order valence-corrected chi connectivity index (χ1v) is 10.3. The first-order valence-electron chi connectivity index (χ1n) is 8.54. The van der Waals surface area contributed by atoms with Gasteiger partial charge < -0.3 is 13.6 Å². The molecule has 0 aliphatic rings. The summed E-state index contributed by atoms with van der Waals surface area (Å²) in [5, 5.41) is 0. The molecule has 0 bridgehead atoms. The van der Waals surface area contributed by atoms with Crippen LogP contribution >= 0.6 is 7.60 Å². The zero-order chi connectivity index (χ0) is 19.3. The van der Waals surface area contributed by atoms with Crippen molar-refractivity contribution in [1.29, 1.82) is 0 Å². The van der Waals surface area contributed by atoms with Gasteiger partial charge in [0.05, 0.1) is 12.2 Å². The molecular weight excluding hydrogens is 356 g/mol. The maximum absolute atomic E-state index is 12.9. The Kier molecular flexibility index (Phi) is 6.93. The van der Waals surface area contributed by atoms with Crippen molar-refractivity contribution in [2.24, 2.45) is 0 Å². The van der Waals surface area contributed by atoms with E-state index < -0.39 is 14.3 Å². The summed E-state index contributed by atoms with van der Waals surface area (Å²) in [6.45, 7) is 6.54. The normalized spacial score (nSPS) is 12.1. The third kappa shape index (κ3) is 5.63. The van der Waals surface area contributed by atoms with E-state index >= 15 is 0 Å². The van der Waals surface area contributed by atoms with Crippen LogP contribution in [0.2, 0.25) is 0 Å². The van der Waals surface area contributed by atoms with Crippen LogP contribution in [0.25, 0.3) is 11.1 Å². The lowest BCUT2D eigenvalue weighted by Gasteiger charge is -2.23. The molecule has 0 unspecified atom stereocenters. The number of pyridine rings is 1. The van der Waals surface area contributed by atoms with Crippen LogP contribution in [0.4, 0.5) is 4.39 Å². The first-order chi connectivity index (χ1) is 12.2. The van der Waals surface area contributed by atoms with Crippen LogP contribution in [0.5, 0.6) is 0 Å². The molecule has 1 heterocycles. The maximum Gasteiger partial charge on any atom is 0.350 e. The van der Waals surface area contributed by atoms with Gasteiger partial charge in [-0.3, -0.25) is 9.36 Å². The van der Waals surface area contributed by atoms with Crippen LogP contribution in [0.3, 0.4) is 0 Å². The van der Waals surface area contributed by atoms with Crippen LogP contribution < -0.4 is 5.56 Å². The molecule has 0 aliphatic heterocycles. The monoisotopic (exact) mass is 381 g/mol. The van der Waals surface area contributed by atoms with Gasteiger partial charge in [-0.05, 0) is 50.5 Å². The summed E-state index contributed by atoms with van der Waals surface area (Å²) in [6.07, 6.45) is 0.844. The van der Waals surface area contributed by atoms with Gasteiger partial charge in [0.25, 0.3) is 5.56 Å². The van der Waals surface area contributed by atoms with Crippen molar-refractivity contribution in [3.05, 3.63) is 58.5 Å². The van der Waals surface area contributed by atoms with E-state index in [1.807, 2.05) is 0 Å². The van der Waals surface area contributed by atoms with Crippen molar-refractivity contribution < 1.29 is 18.0 Å². The van der Waals surface area contributed by atoms with Crippen LogP contribution in [0.15, 0.2) is 47.4 Å². The quantitative estimate of drug-likeness (QED) is 0.605. The highest BCUT2D eigenvalue weighted by Crippen LogP contribution is 2.51. The minimum Gasteiger partial charge on any atom is -0.305 e. The Morgan fingerprint density at radius 1 is 1.00 bits per heavy atom. The summed E-state index contributed by atoms with van der Waals surface area (Å²) in [4.78, 5) is 12.5. The van der Waals surface area contributed by atoms with Gasteiger partial charge in [-0.15, -0.1) is 0 Å². The zero-order valence-corrected chi connectivity index (χ0v) is 16.4. The van der Waals surface area contributed by atoms with Gasteiger partial charge in [-0.2, -0.15) is 0 Å². The second-order valence-electron chi connectivity index (χ2n) is 6.61. The molecule has 0 spiro atoms. The number of hydrogen-bond donors (Lipinski definition) is 0. The molecule has 0 saturated heterocycles. The van der Waals surface area contributed by atoms with Gasteiger partial charge in [0.2, 0.25) is 0 Å². The highest BCUT2D eigenvalue weighted by atomic mass is 31.2. The van der Waals surface area contributed by atoms with Gasteiger partial charge in [0, 0.05) is 12.3 Å². The summed E-state index contributed by atoms with van der Waals surface area (Å²) in [5.41, 5.74) is 1.80. The van der Waals surface area contributed by atoms with Crippen LogP contribution in [0, 0.1) is 0 Å². The van der Waals surface area contributed by atoms with Crippen molar-refractivity contribution in [3.63, 3.8) is 0 Å². The summed E-state index contributed by atoms with van der Waals surface area (Å²) < 4.78 is 37.8. The number of benzene rings is 1. The Balaban J connectivity index is 2.27. The van der Waals surface area contributed by atoms with E-state index in [2.05, 4.69) is 0 Å². The van der Waals surface area contributed by atoms with Crippen LogP contribution in [-0.2, 0) is 26.6 Å². The van der Waals surface area contributed by atoms with Crippen molar-refractivity contribution in [1.82, 2.24) is 4.57 Å². The largest absolute Gasteiger partial charge is 0.350 e. The highest BCUT2D eigenvalue weighted by Gasteiger charge is 2.28. The summed E-state index contributed by atoms with van der Waals surface area (Å²) in [6, 6.07) is 10.1. The molecule has 1 aromatic carbocycles. The van der Waals surface area contributed by atoms with Gasteiger partial charge in [-0.1, -0.05) is 24.3 Å². The van der Waals surface area contributed by atoms with Gasteiger partial charge >= 0.3 is 7.60 Å². The van der Waals surface area contributed by atoms with Crippen LogP contribution in [0.1, 0.15) is 33.3 Å². The molecular formula is C19H25FNO4P. The Bertz CT molecular complexity index is 816. The van der Waals surface area contributed by atoms with E-state index in [0.29, 0.717) is 11.1 Å². The second kappa shape index (κ2) is 8.76. The van der Waals surface area contributed by atoms with Gasteiger partial charge in [0.1, 0.15) is 13.0 Å². The average molecular weight is 381 g/mol. The Labute approximate surface area is 153 Å². The number of halogens is 1. The summed E-state index contributed by atoms with van der Waals surface area (Å²) >= 11 is 0.